The van der Waals surface area contributed by atoms with Crippen molar-refractivity contribution in [3.05, 3.63) is 30.1 Å². The van der Waals surface area contributed by atoms with Crippen LogP contribution in [0.3, 0.4) is 0 Å². The number of carbonyl (C=O) groups excluding carboxylic acids is 3. The fourth-order valence-electron chi connectivity index (χ4n) is 2.51. The number of nitrogens with one attached hydrogen (secondary N) is 2. The molecule has 2 amide bonds. The molecule has 0 saturated heterocycles. The molecule has 0 unspecified atom stereocenters. The number of aromatic nitrogens is 1. The van der Waals surface area contributed by atoms with Gasteiger partial charge < -0.3 is 9.90 Å². The minimum Gasteiger partial charge on any atom is -0.550 e. The quantitative estimate of drug-likeness (QED) is 0.722. The highest BCUT2D eigenvalue weighted by Crippen LogP contribution is 2.29. The maximum Gasteiger partial charge on any atom is 0.269 e. The molecule has 1 aromatic rings. The Labute approximate surface area is 121 Å². The maximum atomic E-state index is 12.0. The van der Waals surface area contributed by atoms with Crippen molar-refractivity contribution >= 4 is 17.8 Å². The summed E-state index contributed by atoms with van der Waals surface area (Å²) in [5.74, 6) is -3.65. The van der Waals surface area contributed by atoms with Crippen molar-refractivity contribution in [3.8, 4) is 0 Å². The molecule has 1 aromatic heterocycles. The van der Waals surface area contributed by atoms with Crippen molar-refractivity contribution < 1.29 is 19.5 Å². The van der Waals surface area contributed by atoms with Gasteiger partial charge in [-0.3, -0.25) is 25.4 Å². The van der Waals surface area contributed by atoms with E-state index >= 15 is 0 Å². The Morgan fingerprint density at radius 2 is 1.67 bits per heavy atom. The van der Waals surface area contributed by atoms with Crippen LogP contribution >= 0.6 is 0 Å². The summed E-state index contributed by atoms with van der Waals surface area (Å²) in [5, 5.41) is 11.0. The molecular weight excluding hydrogens is 274 g/mol. The van der Waals surface area contributed by atoms with Gasteiger partial charge in [0.25, 0.3) is 5.91 Å². The van der Waals surface area contributed by atoms with Gasteiger partial charge in [0.05, 0.1) is 0 Å². The second-order valence-electron chi connectivity index (χ2n) is 5.00. The lowest BCUT2D eigenvalue weighted by Crippen LogP contribution is -2.49. The largest absolute Gasteiger partial charge is 0.550 e. The third-order valence-electron chi connectivity index (χ3n) is 3.65. The molecule has 21 heavy (non-hydrogen) atoms. The zero-order valence-corrected chi connectivity index (χ0v) is 11.4. The topological polar surface area (TPSA) is 111 Å². The summed E-state index contributed by atoms with van der Waals surface area (Å²) >= 11 is 0. The second kappa shape index (κ2) is 6.83. The van der Waals surface area contributed by atoms with Gasteiger partial charge in [-0.25, -0.2) is 0 Å². The predicted octanol–water partition coefficient (Wildman–Crippen LogP) is -0.601. The lowest BCUT2D eigenvalue weighted by atomic mass is 9.79. The van der Waals surface area contributed by atoms with Crippen LogP contribution in [-0.2, 0) is 9.59 Å². The molecule has 1 aliphatic carbocycles. The van der Waals surface area contributed by atoms with E-state index in [1.807, 2.05) is 0 Å². The van der Waals surface area contributed by atoms with Crippen molar-refractivity contribution in [2.24, 2.45) is 11.8 Å². The van der Waals surface area contributed by atoms with Crippen molar-refractivity contribution in [2.45, 2.75) is 25.7 Å². The number of hydrogen-bond acceptors (Lipinski definition) is 5. The van der Waals surface area contributed by atoms with E-state index < -0.39 is 29.6 Å². The Balaban J connectivity index is 1.92. The van der Waals surface area contributed by atoms with Gasteiger partial charge in [0.15, 0.2) is 0 Å². The van der Waals surface area contributed by atoms with E-state index in [2.05, 4.69) is 15.8 Å². The first kappa shape index (κ1) is 15.0. The summed E-state index contributed by atoms with van der Waals surface area (Å²) in [7, 11) is 0. The summed E-state index contributed by atoms with van der Waals surface area (Å²) in [6.45, 7) is 0. The lowest BCUT2D eigenvalue weighted by molar-refractivity contribution is -0.314. The molecule has 1 aliphatic rings. The zero-order valence-electron chi connectivity index (χ0n) is 11.4. The van der Waals surface area contributed by atoms with Crippen LogP contribution in [0.25, 0.3) is 0 Å². The number of pyridine rings is 1. The molecule has 1 saturated carbocycles. The van der Waals surface area contributed by atoms with Gasteiger partial charge in [-0.1, -0.05) is 12.8 Å². The lowest BCUT2D eigenvalue weighted by Gasteiger charge is -2.31. The average Bonchev–Trinajstić information content (AvgIpc) is 2.53. The second-order valence-corrected chi connectivity index (χ2v) is 5.00. The standard InChI is InChI=1S/C14H17N3O4/c18-12(9-5-7-15-8-6-9)16-17-13(19)10-3-1-2-4-11(10)14(20)21/h5-8,10-11H,1-4H2,(H,16,18)(H,17,19)(H,20,21)/p-1/t10-,11-/m1/s1. The maximum absolute atomic E-state index is 12.0. The Kier molecular flexibility index (Phi) is 4.86. The summed E-state index contributed by atoms with van der Waals surface area (Å²) in [6.07, 6.45) is 5.40. The molecular formula is C14H16N3O4-. The normalized spacial score (nSPS) is 21.3. The highest BCUT2D eigenvalue weighted by Gasteiger charge is 2.31. The number of carboxylic acids is 1. The van der Waals surface area contributed by atoms with Crippen molar-refractivity contribution in [3.63, 3.8) is 0 Å². The van der Waals surface area contributed by atoms with E-state index in [9.17, 15) is 19.5 Å². The number of rotatable bonds is 3. The molecule has 0 radical (unpaired) electrons. The number of nitrogens with zero attached hydrogens (tertiary/aromatic N) is 1. The van der Waals surface area contributed by atoms with Gasteiger partial charge in [0, 0.05) is 35.8 Å². The Hall–Kier alpha value is -2.44. The number of carbonyl (C=O) groups is 3. The van der Waals surface area contributed by atoms with Crippen LogP contribution in [0.15, 0.2) is 24.5 Å². The molecule has 2 rings (SSSR count). The van der Waals surface area contributed by atoms with Crippen LogP contribution in [0.5, 0.6) is 0 Å². The first-order valence-corrected chi connectivity index (χ1v) is 6.80. The van der Waals surface area contributed by atoms with Crippen LogP contribution in [0.4, 0.5) is 0 Å². The molecule has 0 aliphatic heterocycles. The molecule has 7 heteroatoms. The van der Waals surface area contributed by atoms with Crippen LogP contribution in [0.2, 0.25) is 0 Å². The molecule has 0 spiro atoms. The molecule has 0 aromatic carbocycles. The first-order chi connectivity index (χ1) is 10.1. The molecule has 2 N–H and O–H groups in total. The van der Waals surface area contributed by atoms with Crippen LogP contribution in [-0.4, -0.2) is 22.8 Å². The summed E-state index contributed by atoms with van der Waals surface area (Å²) < 4.78 is 0. The molecule has 2 atom stereocenters. The van der Waals surface area contributed by atoms with Gasteiger partial charge in [-0.2, -0.15) is 0 Å². The number of aliphatic carboxylic acids is 1. The van der Waals surface area contributed by atoms with Gasteiger partial charge >= 0.3 is 0 Å². The van der Waals surface area contributed by atoms with Gasteiger partial charge in [0.1, 0.15) is 0 Å². The van der Waals surface area contributed by atoms with E-state index in [1.54, 1.807) is 0 Å². The summed E-state index contributed by atoms with van der Waals surface area (Å²) in [5.41, 5.74) is 4.91. The summed E-state index contributed by atoms with van der Waals surface area (Å²) in [6, 6.07) is 3.01. The number of hydrogen-bond donors (Lipinski definition) is 2. The highest BCUT2D eigenvalue weighted by atomic mass is 16.4. The monoisotopic (exact) mass is 290 g/mol. The van der Waals surface area contributed by atoms with Crippen molar-refractivity contribution in [2.75, 3.05) is 0 Å². The van der Waals surface area contributed by atoms with Gasteiger partial charge in [0.2, 0.25) is 5.91 Å². The van der Waals surface area contributed by atoms with Gasteiger partial charge in [-0.05, 0) is 25.0 Å². The highest BCUT2D eigenvalue weighted by molar-refractivity contribution is 5.95. The average molecular weight is 290 g/mol. The Morgan fingerprint density at radius 3 is 2.29 bits per heavy atom. The fourth-order valence-corrected chi connectivity index (χ4v) is 2.51. The molecule has 0 bridgehead atoms. The third-order valence-corrected chi connectivity index (χ3v) is 3.65. The Morgan fingerprint density at radius 1 is 1.05 bits per heavy atom. The molecule has 112 valence electrons. The smallest absolute Gasteiger partial charge is 0.269 e. The van der Waals surface area contributed by atoms with E-state index in [4.69, 9.17) is 0 Å². The van der Waals surface area contributed by atoms with Crippen LogP contribution < -0.4 is 16.0 Å². The zero-order chi connectivity index (χ0) is 15.2. The van der Waals surface area contributed by atoms with E-state index in [-0.39, 0.29) is 0 Å². The number of carboxylic acid groups (broad SMARTS) is 1. The van der Waals surface area contributed by atoms with Crippen LogP contribution in [0, 0.1) is 11.8 Å². The van der Waals surface area contributed by atoms with Gasteiger partial charge in [-0.15, -0.1) is 0 Å². The minimum atomic E-state index is -1.21. The minimum absolute atomic E-state index is 0.352. The number of amides is 2. The van der Waals surface area contributed by atoms with Crippen LogP contribution in [0.1, 0.15) is 36.0 Å². The molecule has 7 nitrogen and oxygen atoms in total. The van der Waals surface area contributed by atoms with Crippen molar-refractivity contribution in [1.29, 1.82) is 0 Å². The summed E-state index contributed by atoms with van der Waals surface area (Å²) in [4.78, 5) is 38.6. The predicted molar refractivity (Wildman–Crippen MR) is 70.3 cm³/mol. The fraction of sp³-hybridized carbons (Fsp3) is 0.429. The Bertz CT molecular complexity index is 532. The van der Waals surface area contributed by atoms with E-state index in [0.717, 1.165) is 12.8 Å². The van der Waals surface area contributed by atoms with Crippen molar-refractivity contribution in [1.82, 2.24) is 15.8 Å². The first-order valence-electron chi connectivity index (χ1n) is 6.80. The molecule has 1 fully saturated rings. The SMILES string of the molecule is O=C(NNC(=O)[C@@H]1CCCC[C@H]1C(=O)[O-])c1ccncc1. The number of hydrazine groups is 1. The van der Waals surface area contributed by atoms with E-state index in [1.165, 1.54) is 24.5 Å². The van der Waals surface area contributed by atoms with E-state index in [0.29, 0.717) is 18.4 Å². The molecule has 1 heterocycles. The third kappa shape index (κ3) is 3.77.